The molecular weight excluding hydrogens is 758 g/mol. The molecule has 3 aliphatic heterocycles. The van der Waals surface area contributed by atoms with Crippen LogP contribution in [-0.2, 0) is 38.1 Å². The van der Waals surface area contributed by atoms with Crippen LogP contribution in [0, 0.1) is 33.8 Å². The van der Waals surface area contributed by atoms with E-state index in [9.17, 15) is 35.3 Å². The molecule has 3 heterocycles. The Bertz CT molecular complexity index is 1280. The molecule has 0 spiro atoms. The summed E-state index contributed by atoms with van der Waals surface area (Å²) in [5, 5.41) is 55.9. The van der Waals surface area contributed by atoms with Crippen molar-refractivity contribution in [1.29, 1.82) is 0 Å². The molecule has 58 heavy (non-hydrogen) atoms. The van der Waals surface area contributed by atoms with E-state index in [1.807, 2.05) is 39.8 Å². The van der Waals surface area contributed by atoms with E-state index in [0.29, 0.717) is 38.8 Å². The smallest absolute Gasteiger partial charge is 0.311 e. The molecule has 3 rings (SSSR count). The van der Waals surface area contributed by atoms with Crippen molar-refractivity contribution in [2.75, 3.05) is 40.9 Å². The molecule has 4 N–H and O–H groups in total. The molecule has 0 aromatic heterocycles. The summed E-state index contributed by atoms with van der Waals surface area (Å²) in [6, 6.07) is -0.504. The number of esters is 1. The van der Waals surface area contributed by atoms with Crippen LogP contribution >= 0.6 is 0 Å². The number of hydrogen-bond donors (Lipinski definition) is 4. The Kier molecular flexibility index (Phi) is 19.1. The van der Waals surface area contributed by atoms with Gasteiger partial charge in [-0.15, -0.1) is 10.1 Å². The lowest BCUT2D eigenvalue weighted by Crippen LogP contribution is -2.59. The van der Waals surface area contributed by atoms with Gasteiger partial charge in [-0.1, -0.05) is 20.8 Å². The summed E-state index contributed by atoms with van der Waals surface area (Å²) in [7, 11) is 5.35. The minimum atomic E-state index is -1.80. The number of rotatable bonds is 13. The van der Waals surface area contributed by atoms with E-state index >= 15 is 0 Å². The first-order chi connectivity index (χ1) is 27.0. The van der Waals surface area contributed by atoms with Crippen LogP contribution in [0.25, 0.3) is 0 Å². The normalized spacial score (nSPS) is 43.6. The van der Waals surface area contributed by atoms with E-state index in [0.717, 1.165) is 0 Å². The molecule has 3 fully saturated rings. The SMILES string of the molecule is CC[C@H]1OC(=O)[C@H](C)[C@@H](O[C@H]2C[C@@](C)(OC)[C@@H](O)[C@H](C)O2)[C@H](C)[C@@H](O[C@H]2CC(N(C)CCCO[N+](=O)[O-])C[C@@H](C)O2)C(C(C)O)C[C@@H](C)CN(C)[C@H](C)[C@@H](O)[C@]1(C)O. The molecule has 3 aliphatic rings. The Morgan fingerprint density at radius 3 is 2.24 bits per heavy atom. The van der Waals surface area contributed by atoms with Gasteiger partial charge in [0.25, 0.3) is 5.09 Å². The first-order valence-corrected chi connectivity index (χ1v) is 21.3. The molecule has 0 radical (unpaired) electrons. The average molecular weight is 836 g/mol. The topological polar surface area (TPSA) is 212 Å². The summed E-state index contributed by atoms with van der Waals surface area (Å²) >= 11 is 0. The molecule has 0 aromatic rings. The predicted octanol–water partition coefficient (Wildman–Crippen LogP) is 3.14. The molecule has 0 bridgehead atoms. The van der Waals surface area contributed by atoms with E-state index in [-0.39, 0.29) is 37.5 Å². The zero-order valence-electron chi connectivity index (χ0n) is 37.3. The molecule has 0 aliphatic carbocycles. The van der Waals surface area contributed by atoms with Gasteiger partial charge in [-0.3, -0.25) is 4.79 Å². The summed E-state index contributed by atoms with van der Waals surface area (Å²) in [5.41, 5.74) is -2.82. The standard InChI is InChI=1S/C41H77N3O14/c1-14-32-41(10,49)37(46)27(6)43(12)22-23(2)18-31(28(7)45)36(57-33-20-30(19-24(3)54-33)42(11)16-15-17-53-44(50)51)25(4)35(26(5)39(48)56-32)58-34-21-40(9,52-13)38(47)29(8)55-34/h23-38,45-47,49H,14-22H2,1-13H3/t23-,24-,25+,26-,27-,28?,29+,30?,31?,32-,33+,34+,35+,36-,37-,38+,40-,41-/m1/s1. The van der Waals surface area contributed by atoms with Gasteiger partial charge < -0.3 is 63.5 Å². The highest BCUT2D eigenvalue weighted by Gasteiger charge is 2.51. The molecule has 340 valence electrons. The highest BCUT2D eigenvalue weighted by atomic mass is 16.9. The van der Waals surface area contributed by atoms with Crippen LogP contribution in [0.15, 0.2) is 0 Å². The Labute approximate surface area is 346 Å². The highest BCUT2D eigenvalue weighted by molar-refractivity contribution is 5.73. The Morgan fingerprint density at radius 1 is 1.02 bits per heavy atom. The molecule has 0 amide bonds. The quantitative estimate of drug-likeness (QED) is 0.0909. The van der Waals surface area contributed by atoms with E-state index in [1.165, 1.54) is 14.0 Å². The molecule has 0 aromatic carbocycles. The number of aliphatic hydroxyl groups excluding tert-OH is 3. The zero-order chi connectivity index (χ0) is 43.9. The monoisotopic (exact) mass is 836 g/mol. The largest absolute Gasteiger partial charge is 0.459 e. The van der Waals surface area contributed by atoms with Crippen molar-refractivity contribution in [2.45, 2.75) is 192 Å². The molecule has 0 saturated carbocycles. The van der Waals surface area contributed by atoms with Gasteiger partial charge in [0, 0.05) is 50.4 Å². The zero-order valence-corrected chi connectivity index (χ0v) is 37.3. The van der Waals surface area contributed by atoms with Crippen molar-refractivity contribution in [3.05, 3.63) is 10.1 Å². The average Bonchev–Trinajstić information content (AvgIpc) is 3.15. The van der Waals surface area contributed by atoms with Crippen LogP contribution in [0.1, 0.15) is 108 Å². The maximum absolute atomic E-state index is 14.4. The third kappa shape index (κ3) is 12.9. The second kappa shape index (κ2) is 21.8. The van der Waals surface area contributed by atoms with Gasteiger partial charge in [0.15, 0.2) is 12.6 Å². The van der Waals surface area contributed by atoms with Crippen molar-refractivity contribution in [2.24, 2.45) is 23.7 Å². The number of hydrogen-bond acceptors (Lipinski definition) is 16. The molecule has 18 atom stereocenters. The highest BCUT2D eigenvalue weighted by Crippen LogP contribution is 2.40. The van der Waals surface area contributed by atoms with Crippen molar-refractivity contribution < 1.29 is 63.6 Å². The van der Waals surface area contributed by atoms with Crippen molar-refractivity contribution in [3.8, 4) is 0 Å². The van der Waals surface area contributed by atoms with E-state index in [1.54, 1.807) is 34.6 Å². The third-order valence-electron chi connectivity index (χ3n) is 13.3. The number of ether oxygens (including phenoxy) is 6. The van der Waals surface area contributed by atoms with Crippen molar-refractivity contribution in [3.63, 3.8) is 0 Å². The lowest BCUT2D eigenvalue weighted by Gasteiger charge is -2.47. The van der Waals surface area contributed by atoms with E-state index in [2.05, 4.69) is 16.7 Å². The lowest BCUT2D eigenvalue weighted by atomic mass is 9.77. The first-order valence-electron chi connectivity index (χ1n) is 21.3. The summed E-state index contributed by atoms with van der Waals surface area (Å²) in [4.78, 5) is 33.7. The number of likely N-dealkylation sites (N-methyl/N-ethyl adjacent to an activating group) is 1. The van der Waals surface area contributed by atoms with E-state index < -0.39 is 101 Å². The molecule has 17 nitrogen and oxygen atoms in total. The van der Waals surface area contributed by atoms with Crippen molar-refractivity contribution in [1.82, 2.24) is 9.80 Å². The summed E-state index contributed by atoms with van der Waals surface area (Å²) in [5.74, 6) is -2.73. The molecule has 17 heteroatoms. The second-order valence-electron chi connectivity index (χ2n) is 18.1. The van der Waals surface area contributed by atoms with Gasteiger partial charge in [0.05, 0.1) is 48.6 Å². The number of nitrogens with zero attached hydrogens (tertiary/aromatic N) is 3. The van der Waals surface area contributed by atoms with Gasteiger partial charge >= 0.3 is 5.97 Å². The number of cyclic esters (lactones) is 1. The third-order valence-corrected chi connectivity index (χ3v) is 13.3. The van der Waals surface area contributed by atoms with Gasteiger partial charge in [-0.2, -0.15) is 0 Å². The van der Waals surface area contributed by atoms with Crippen LogP contribution in [0.5, 0.6) is 0 Å². The Morgan fingerprint density at radius 2 is 1.66 bits per heavy atom. The van der Waals surface area contributed by atoms with Crippen LogP contribution in [0.2, 0.25) is 0 Å². The van der Waals surface area contributed by atoms with E-state index in [4.69, 9.17) is 28.4 Å². The fourth-order valence-electron chi connectivity index (χ4n) is 9.32. The summed E-state index contributed by atoms with van der Waals surface area (Å²) in [6.45, 7) is 19.1. The van der Waals surface area contributed by atoms with Crippen LogP contribution < -0.4 is 0 Å². The van der Waals surface area contributed by atoms with Crippen molar-refractivity contribution >= 4 is 5.97 Å². The summed E-state index contributed by atoms with van der Waals surface area (Å²) < 4.78 is 38.4. The van der Waals surface area contributed by atoms with Crippen LogP contribution in [0.3, 0.4) is 0 Å². The van der Waals surface area contributed by atoms with Crippen LogP contribution in [0.4, 0.5) is 0 Å². The summed E-state index contributed by atoms with van der Waals surface area (Å²) in [6.07, 6.45) is -5.80. The fraction of sp³-hybridized carbons (Fsp3) is 0.976. The van der Waals surface area contributed by atoms with Gasteiger partial charge in [0.2, 0.25) is 0 Å². The minimum Gasteiger partial charge on any atom is -0.459 e. The molecule has 3 saturated heterocycles. The van der Waals surface area contributed by atoms with Gasteiger partial charge in [-0.25, -0.2) is 0 Å². The first kappa shape index (κ1) is 50.6. The number of carbonyl (C=O) groups excluding carboxylic acids is 1. The molecule has 3 unspecified atom stereocenters. The maximum atomic E-state index is 14.4. The minimum absolute atomic E-state index is 0.0126. The lowest BCUT2D eigenvalue weighted by molar-refractivity contribution is -0.757. The Balaban J connectivity index is 2.12. The number of methoxy groups -OCH3 is 1. The molecular formula is C41H77N3O14. The number of carbonyl (C=O) groups is 1. The second-order valence-corrected chi connectivity index (χ2v) is 18.1. The Hall–Kier alpha value is -1.77. The van der Waals surface area contributed by atoms with Gasteiger partial charge in [-0.05, 0) is 101 Å². The maximum Gasteiger partial charge on any atom is 0.311 e. The van der Waals surface area contributed by atoms with Crippen LogP contribution in [-0.4, -0.2) is 167 Å². The predicted molar refractivity (Wildman–Crippen MR) is 214 cm³/mol. The van der Waals surface area contributed by atoms with Gasteiger partial charge in [0.1, 0.15) is 23.9 Å². The number of aliphatic hydroxyl groups is 4. The fourth-order valence-corrected chi connectivity index (χ4v) is 9.32.